The Morgan fingerprint density at radius 3 is 2.64 bits per heavy atom. The highest BCUT2D eigenvalue weighted by Gasteiger charge is 2.03. The minimum Gasteiger partial charge on any atom is -0.328 e. The van der Waals surface area contributed by atoms with E-state index >= 15 is 0 Å². The Morgan fingerprint density at radius 2 is 2.18 bits per heavy atom. The zero-order valence-electron chi connectivity index (χ0n) is 7.22. The summed E-state index contributed by atoms with van der Waals surface area (Å²) in [5.74, 6) is 0. The lowest BCUT2D eigenvalue weighted by Crippen LogP contribution is -2.14. The Bertz CT molecular complexity index is 102. The Labute approximate surface area is 68.5 Å². The summed E-state index contributed by atoms with van der Waals surface area (Å²) >= 11 is 0. The van der Waals surface area contributed by atoms with Gasteiger partial charge in [-0.05, 0) is 32.6 Å². The molecule has 11 heavy (non-hydrogen) atoms. The van der Waals surface area contributed by atoms with E-state index in [2.05, 4.69) is 6.58 Å². The molecule has 1 nitrogen and oxygen atoms in total. The number of alkyl halides is 1. The molecule has 0 spiro atoms. The van der Waals surface area contributed by atoms with Crippen LogP contribution in [-0.4, -0.2) is 12.2 Å². The summed E-state index contributed by atoms with van der Waals surface area (Å²) in [4.78, 5) is 0. The van der Waals surface area contributed by atoms with Crippen LogP contribution in [0.15, 0.2) is 12.7 Å². The largest absolute Gasteiger partial charge is 0.328 e. The van der Waals surface area contributed by atoms with Crippen LogP contribution in [0, 0.1) is 0 Å². The molecule has 2 heteroatoms. The Kier molecular flexibility index (Phi) is 6.13. The van der Waals surface area contributed by atoms with Gasteiger partial charge in [0.1, 0.15) is 6.17 Å². The van der Waals surface area contributed by atoms with Gasteiger partial charge in [0.25, 0.3) is 0 Å². The van der Waals surface area contributed by atoms with E-state index in [0.717, 1.165) is 12.8 Å². The molecule has 2 atom stereocenters. The number of allylic oxidation sites excluding steroid dienone is 1. The van der Waals surface area contributed by atoms with Crippen molar-refractivity contribution in [3.63, 3.8) is 0 Å². The third-order valence-electron chi connectivity index (χ3n) is 1.60. The minimum atomic E-state index is -0.716. The lowest BCUT2D eigenvalue weighted by atomic mass is 10.1. The summed E-state index contributed by atoms with van der Waals surface area (Å²) in [6.45, 7) is 5.42. The molecule has 66 valence electrons. The number of hydrogen-bond donors (Lipinski definition) is 1. The summed E-state index contributed by atoms with van der Waals surface area (Å²) in [6, 6.07) is 0.200. The molecule has 0 amide bonds. The van der Waals surface area contributed by atoms with Crippen molar-refractivity contribution in [1.82, 2.24) is 0 Å². The van der Waals surface area contributed by atoms with Gasteiger partial charge in [-0.3, -0.25) is 0 Å². The van der Waals surface area contributed by atoms with Gasteiger partial charge in [0.05, 0.1) is 0 Å². The van der Waals surface area contributed by atoms with E-state index in [0.29, 0.717) is 12.8 Å². The molecular formula is C9H18FN. The molecule has 0 aliphatic heterocycles. The second kappa shape index (κ2) is 6.35. The van der Waals surface area contributed by atoms with Crippen molar-refractivity contribution in [3.05, 3.63) is 12.7 Å². The SMILES string of the molecule is C=CCC(F)CCC[C@H](C)N. The first-order valence-corrected chi connectivity index (χ1v) is 4.17. The van der Waals surface area contributed by atoms with Gasteiger partial charge in [-0.15, -0.1) is 6.58 Å². The van der Waals surface area contributed by atoms with Gasteiger partial charge in [0.15, 0.2) is 0 Å². The van der Waals surface area contributed by atoms with Gasteiger partial charge >= 0.3 is 0 Å². The average Bonchev–Trinajstić information content (AvgIpc) is 1.87. The molecule has 0 rings (SSSR count). The van der Waals surface area contributed by atoms with Crippen LogP contribution in [0.5, 0.6) is 0 Å². The van der Waals surface area contributed by atoms with Crippen LogP contribution in [0.4, 0.5) is 4.39 Å². The smallest absolute Gasteiger partial charge is 0.104 e. The fourth-order valence-corrected chi connectivity index (χ4v) is 0.960. The molecule has 0 heterocycles. The molecular weight excluding hydrogens is 141 g/mol. The van der Waals surface area contributed by atoms with Crippen LogP contribution in [0.3, 0.4) is 0 Å². The Morgan fingerprint density at radius 1 is 1.55 bits per heavy atom. The highest BCUT2D eigenvalue weighted by Crippen LogP contribution is 2.09. The fraction of sp³-hybridized carbons (Fsp3) is 0.778. The molecule has 2 N–H and O–H groups in total. The van der Waals surface area contributed by atoms with Gasteiger partial charge in [0, 0.05) is 6.04 Å². The summed E-state index contributed by atoms with van der Waals surface area (Å²) < 4.78 is 12.7. The number of nitrogens with two attached hydrogens (primary N) is 1. The normalized spacial score (nSPS) is 15.9. The van der Waals surface area contributed by atoms with Gasteiger partial charge in [-0.2, -0.15) is 0 Å². The molecule has 0 fully saturated rings. The van der Waals surface area contributed by atoms with Crippen LogP contribution in [-0.2, 0) is 0 Å². The van der Waals surface area contributed by atoms with Crippen molar-refractivity contribution in [2.45, 2.75) is 44.8 Å². The highest BCUT2D eigenvalue weighted by molar-refractivity contribution is 4.72. The molecule has 0 aliphatic rings. The van der Waals surface area contributed by atoms with Gasteiger partial charge in [-0.1, -0.05) is 6.08 Å². The molecule has 0 saturated heterocycles. The third-order valence-corrected chi connectivity index (χ3v) is 1.60. The lowest BCUT2D eigenvalue weighted by molar-refractivity contribution is 0.306. The van der Waals surface area contributed by atoms with Crippen LogP contribution < -0.4 is 5.73 Å². The molecule has 0 aliphatic carbocycles. The second-order valence-corrected chi connectivity index (χ2v) is 3.03. The van der Waals surface area contributed by atoms with Crippen LogP contribution in [0.25, 0.3) is 0 Å². The van der Waals surface area contributed by atoms with Crippen LogP contribution >= 0.6 is 0 Å². The van der Waals surface area contributed by atoms with Gasteiger partial charge in [-0.25, -0.2) is 4.39 Å². The molecule has 0 radical (unpaired) electrons. The molecule has 1 unspecified atom stereocenters. The molecule has 0 aromatic heterocycles. The third kappa shape index (κ3) is 7.53. The van der Waals surface area contributed by atoms with Crippen molar-refractivity contribution < 1.29 is 4.39 Å². The van der Waals surface area contributed by atoms with Crippen molar-refractivity contribution in [1.29, 1.82) is 0 Å². The summed E-state index contributed by atoms with van der Waals surface area (Å²) in [6.07, 6.45) is 3.79. The highest BCUT2D eigenvalue weighted by atomic mass is 19.1. The number of rotatable bonds is 6. The van der Waals surface area contributed by atoms with Gasteiger partial charge in [0.2, 0.25) is 0 Å². The van der Waals surface area contributed by atoms with E-state index in [9.17, 15) is 4.39 Å². The zero-order valence-corrected chi connectivity index (χ0v) is 7.22. The van der Waals surface area contributed by atoms with E-state index in [1.165, 1.54) is 0 Å². The van der Waals surface area contributed by atoms with E-state index < -0.39 is 6.17 Å². The maximum atomic E-state index is 12.7. The van der Waals surface area contributed by atoms with Crippen LogP contribution in [0.1, 0.15) is 32.6 Å². The summed E-state index contributed by atoms with van der Waals surface area (Å²) in [5.41, 5.74) is 5.51. The number of halogens is 1. The molecule has 0 saturated carbocycles. The molecule has 0 bridgehead atoms. The number of hydrogen-bond acceptors (Lipinski definition) is 1. The predicted octanol–water partition coefficient (Wildman–Crippen LogP) is 2.42. The maximum Gasteiger partial charge on any atom is 0.104 e. The summed E-state index contributed by atoms with van der Waals surface area (Å²) in [7, 11) is 0. The van der Waals surface area contributed by atoms with E-state index in [1.54, 1.807) is 6.08 Å². The van der Waals surface area contributed by atoms with Gasteiger partial charge < -0.3 is 5.73 Å². The molecule has 0 aromatic rings. The monoisotopic (exact) mass is 159 g/mol. The Balaban J connectivity index is 3.16. The van der Waals surface area contributed by atoms with E-state index in [1.807, 2.05) is 6.92 Å². The molecule has 0 aromatic carbocycles. The quantitative estimate of drug-likeness (QED) is 0.592. The minimum absolute atomic E-state index is 0.200. The topological polar surface area (TPSA) is 26.0 Å². The van der Waals surface area contributed by atoms with E-state index in [4.69, 9.17) is 5.73 Å². The fourth-order valence-electron chi connectivity index (χ4n) is 0.960. The average molecular weight is 159 g/mol. The maximum absolute atomic E-state index is 12.7. The van der Waals surface area contributed by atoms with Crippen molar-refractivity contribution >= 4 is 0 Å². The van der Waals surface area contributed by atoms with Crippen LogP contribution in [0.2, 0.25) is 0 Å². The first-order valence-electron chi connectivity index (χ1n) is 4.17. The first-order chi connectivity index (χ1) is 5.16. The van der Waals surface area contributed by atoms with Crippen molar-refractivity contribution in [3.8, 4) is 0 Å². The first kappa shape index (κ1) is 10.6. The standard InChI is InChI=1S/C9H18FN/c1-3-5-9(10)7-4-6-8(2)11/h3,8-9H,1,4-7,11H2,2H3/t8-,9?/m0/s1. The van der Waals surface area contributed by atoms with Crippen molar-refractivity contribution in [2.75, 3.05) is 0 Å². The van der Waals surface area contributed by atoms with E-state index in [-0.39, 0.29) is 6.04 Å². The van der Waals surface area contributed by atoms with Crippen molar-refractivity contribution in [2.24, 2.45) is 5.73 Å². The predicted molar refractivity (Wildman–Crippen MR) is 47.2 cm³/mol. The lowest BCUT2D eigenvalue weighted by Gasteiger charge is -2.06. The zero-order chi connectivity index (χ0) is 8.69. The second-order valence-electron chi connectivity index (χ2n) is 3.03. The summed E-state index contributed by atoms with van der Waals surface area (Å²) in [5, 5.41) is 0. The Hall–Kier alpha value is -0.370.